The first-order chi connectivity index (χ1) is 6.86. The Morgan fingerprint density at radius 1 is 0.706 bits per heavy atom. The van der Waals surface area contributed by atoms with Gasteiger partial charge in [-0.15, -0.1) is 0 Å². The summed E-state index contributed by atoms with van der Waals surface area (Å²) in [6.45, 7) is 0. The van der Waals surface area contributed by atoms with E-state index in [1.807, 2.05) is 0 Å². The molecule has 0 aliphatic carbocycles. The molecule has 82 valence electrons. The van der Waals surface area contributed by atoms with Crippen LogP contribution in [0.4, 0.5) is 22.0 Å². The fourth-order valence-electron chi connectivity index (χ4n) is 0.784. The monoisotopic (exact) mass is 272 g/mol. The number of halogens is 5. The van der Waals surface area contributed by atoms with Gasteiger partial charge in [0.15, 0.2) is 5.75 Å². The standard InChI is InChI=1S/C6BF5O3.2Na/c8-1-2(9)4(11)6(15-7(13)14)5(12)3(1)10;;/q-2;2*+1. The van der Waals surface area contributed by atoms with E-state index in [0.717, 1.165) is 0 Å². The number of rotatable bonds is 2. The first-order valence-corrected chi connectivity index (χ1v) is 3.36. The molecular formula is C6BF5Na2O3. The van der Waals surface area contributed by atoms with Crippen LogP contribution in [0.25, 0.3) is 0 Å². The Bertz CT molecular complexity index is 377. The van der Waals surface area contributed by atoms with Crippen LogP contribution in [0.3, 0.4) is 0 Å². The first kappa shape index (κ1) is 20.0. The van der Waals surface area contributed by atoms with Crippen LogP contribution in [-0.2, 0) is 0 Å². The van der Waals surface area contributed by atoms with Crippen molar-refractivity contribution in [1.29, 1.82) is 0 Å². The summed E-state index contributed by atoms with van der Waals surface area (Å²) in [5.41, 5.74) is 0. The Balaban J connectivity index is 0. The molecule has 0 radical (unpaired) electrons. The second kappa shape index (κ2) is 7.95. The maximum Gasteiger partial charge on any atom is 1.00 e. The second-order valence-electron chi connectivity index (χ2n) is 2.31. The Morgan fingerprint density at radius 3 is 1.29 bits per heavy atom. The van der Waals surface area contributed by atoms with Crippen LogP contribution in [-0.4, -0.2) is 7.32 Å². The van der Waals surface area contributed by atoms with Crippen molar-refractivity contribution >= 4 is 7.32 Å². The number of hydrogen-bond donors (Lipinski definition) is 0. The van der Waals surface area contributed by atoms with Crippen LogP contribution in [0.1, 0.15) is 0 Å². The van der Waals surface area contributed by atoms with E-state index < -0.39 is 42.2 Å². The number of benzene rings is 1. The van der Waals surface area contributed by atoms with E-state index in [9.17, 15) is 32.0 Å². The van der Waals surface area contributed by atoms with Gasteiger partial charge >= 0.3 is 59.1 Å². The van der Waals surface area contributed by atoms with Crippen molar-refractivity contribution in [2.24, 2.45) is 0 Å². The normalized spacial score (nSPS) is 9.12. The van der Waals surface area contributed by atoms with Crippen molar-refractivity contribution in [3.63, 3.8) is 0 Å². The minimum Gasteiger partial charge on any atom is -0.860 e. The molecule has 0 unspecified atom stereocenters. The number of hydrogen-bond acceptors (Lipinski definition) is 3. The minimum absolute atomic E-state index is 0. The third-order valence-electron chi connectivity index (χ3n) is 1.38. The quantitative estimate of drug-likeness (QED) is 0.233. The molecule has 0 aliphatic rings. The van der Waals surface area contributed by atoms with E-state index in [-0.39, 0.29) is 59.1 Å². The molecule has 0 fully saturated rings. The summed E-state index contributed by atoms with van der Waals surface area (Å²) in [4.78, 5) is 0. The summed E-state index contributed by atoms with van der Waals surface area (Å²) >= 11 is 0. The maximum atomic E-state index is 12.6. The van der Waals surface area contributed by atoms with Gasteiger partial charge in [-0.2, -0.15) is 8.78 Å². The van der Waals surface area contributed by atoms with Gasteiger partial charge in [-0.05, 0) is 0 Å². The fraction of sp³-hybridized carbons (Fsp3) is 0. The van der Waals surface area contributed by atoms with E-state index in [0.29, 0.717) is 0 Å². The molecule has 0 saturated carbocycles. The van der Waals surface area contributed by atoms with E-state index in [2.05, 4.69) is 4.65 Å². The molecule has 0 aliphatic heterocycles. The zero-order valence-corrected chi connectivity index (χ0v) is 12.7. The largest absolute Gasteiger partial charge is 1.00 e. The predicted molar refractivity (Wildman–Crippen MR) is 32.6 cm³/mol. The van der Waals surface area contributed by atoms with Crippen LogP contribution in [0.5, 0.6) is 5.75 Å². The Labute approximate surface area is 137 Å². The second-order valence-corrected chi connectivity index (χ2v) is 2.31. The van der Waals surface area contributed by atoms with Crippen molar-refractivity contribution in [3.05, 3.63) is 29.1 Å². The summed E-state index contributed by atoms with van der Waals surface area (Å²) in [7, 11) is -3.20. The van der Waals surface area contributed by atoms with Crippen LogP contribution in [0.2, 0.25) is 0 Å². The van der Waals surface area contributed by atoms with Crippen molar-refractivity contribution in [1.82, 2.24) is 0 Å². The molecule has 1 rings (SSSR count). The molecule has 0 amide bonds. The smallest absolute Gasteiger partial charge is 0.860 e. The summed E-state index contributed by atoms with van der Waals surface area (Å²) in [5.74, 6) is -13.6. The summed E-state index contributed by atoms with van der Waals surface area (Å²) in [6, 6.07) is 0. The van der Waals surface area contributed by atoms with E-state index in [1.54, 1.807) is 0 Å². The Hall–Kier alpha value is 0.655. The third-order valence-corrected chi connectivity index (χ3v) is 1.38. The molecular weight excluding hydrogens is 272 g/mol. The van der Waals surface area contributed by atoms with Gasteiger partial charge in [0.2, 0.25) is 29.1 Å². The predicted octanol–water partition coefficient (Wildman–Crippen LogP) is -6.53. The van der Waals surface area contributed by atoms with Crippen molar-refractivity contribution in [2.45, 2.75) is 0 Å². The fourth-order valence-corrected chi connectivity index (χ4v) is 0.784. The zero-order chi connectivity index (χ0) is 11.7. The molecule has 0 saturated heterocycles. The molecule has 17 heavy (non-hydrogen) atoms. The summed E-state index contributed by atoms with van der Waals surface area (Å²) < 4.78 is 65.9. The van der Waals surface area contributed by atoms with Gasteiger partial charge in [-0.3, -0.25) is 0 Å². The van der Waals surface area contributed by atoms with Gasteiger partial charge in [0, 0.05) is 0 Å². The van der Waals surface area contributed by atoms with E-state index in [1.165, 1.54) is 0 Å². The first-order valence-electron chi connectivity index (χ1n) is 3.36. The molecule has 0 atom stereocenters. The minimum atomic E-state index is -3.20. The van der Waals surface area contributed by atoms with Crippen molar-refractivity contribution in [3.8, 4) is 5.75 Å². The molecule has 0 bridgehead atoms. The van der Waals surface area contributed by atoms with Crippen molar-refractivity contribution in [2.75, 3.05) is 0 Å². The molecule has 11 heteroatoms. The summed E-state index contributed by atoms with van der Waals surface area (Å²) in [6.07, 6.45) is 0. The summed E-state index contributed by atoms with van der Waals surface area (Å²) in [5, 5.41) is 19.7. The van der Waals surface area contributed by atoms with E-state index >= 15 is 0 Å². The molecule has 1 aromatic carbocycles. The van der Waals surface area contributed by atoms with Gasteiger partial charge in [0.05, 0.1) is 0 Å². The van der Waals surface area contributed by atoms with Crippen LogP contribution >= 0.6 is 0 Å². The van der Waals surface area contributed by atoms with Crippen LogP contribution < -0.4 is 73.8 Å². The zero-order valence-electron chi connectivity index (χ0n) is 8.69. The molecule has 3 nitrogen and oxygen atoms in total. The van der Waals surface area contributed by atoms with Gasteiger partial charge < -0.3 is 14.7 Å². The maximum absolute atomic E-state index is 12.6. The molecule has 0 aromatic heterocycles. The molecule has 0 N–H and O–H groups in total. The van der Waals surface area contributed by atoms with E-state index in [4.69, 9.17) is 0 Å². The van der Waals surface area contributed by atoms with Gasteiger partial charge in [0.1, 0.15) is 7.32 Å². The van der Waals surface area contributed by atoms with Gasteiger partial charge in [-0.25, -0.2) is 13.2 Å². The van der Waals surface area contributed by atoms with Gasteiger partial charge in [0.25, 0.3) is 0 Å². The average Bonchev–Trinajstić information content (AvgIpc) is 2.18. The average molecular weight is 272 g/mol. The van der Waals surface area contributed by atoms with Crippen LogP contribution in [0.15, 0.2) is 0 Å². The SMILES string of the molecule is [Na+].[Na+].[O-]B([O-])Oc1c(F)c(F)c(F)c(F)c1F. The van der Waals surface area contributed by atoms with Crippen molar-refractivity contribution < 1.29 is 95.8 Å². The van der Waals surface area contributed by atoms with Gasteiger partial charge in [-0.1, -0.05) is 0 Å². The third kappa shape index (κ3) is 4.36. The molecule has 1 aromatic rings. The van der Waals surface area contributed by atoms with Crippen LogP contribution in [0, 0.1) is 29.1 Å². The Morgan fingerprint density at radius 2 is 1.00 bits per heavy atom. The molecule has 0 heterocycles. The molecule has 0 spiro atoms. The Kier molecular flexibility index (Phi) is 9.35. The topological polar surface area (TPSA) is 55.3 Å².